The average Bonchev–Trinajstić information content (AvgIpc) is 2.93. The first-order chi connectivity index (χ1) is 10.1. The topological polar surface area (TPSA) is 41.4 Å². The number of aryl methyl sites for hydroxylation is 1. The lowest BCUT2D eigenvalue weighted by molar-refractivity contribution is 0.0745. The Morgan fingerprint density at radius 2 is 1.95 bits per heavy atom. The van der Waals surface area contributed by atoms with Crippen LogP contribution in [0.15, 0.2) is 36.7 Å². The summed E-state index contributed by atoms with van der Waals surface area (Å²) in [5, 5.41) is 0. The number of benzene rings is 1. The zero-order chi connectivity index (χ0) is 14.8. The van der Waals surface area contributed by atoms with Crippen LogP contribution in [-0.2, 0) is 7.05 Å². The molecule has 1 aliphatic rings. The number of carbonyl (C=O) groups excluding carboxylic acids is 1. The van der Waals surface area contributed by atoms with Gasteiger partial charge in [0, 0.05) is 51.2 Å². The van der Waals surface area contributed by atoms with Crippen molar-refractivity contribution in [3.63, 3.8) is 0 Å². The molecule has 1 aromatic heterocycles. The number of rotatable bonds is 2. The van der Waals surface area contributed by atoms with E-state index in [-0.39, 0.29) is 24.1 Å². The third kappa shape index (κ3) is 3.22. The predicted molar refractivity (Wildman–Crippen MR) is 85.0 cm³/mol. The molecule has 0 radical (unpaired) electrons. The van der Waals surface area contributed by atoms with Gasteiger partial charge >= 0.3 is 0 Å². The van der Waals surface area contributed by atoms with Crippen LogP contribution in [0.2, 0.25) is 0 Å². The molecule has 0 unspecified atom stereocenters. The molecule has 2 heterocycles. The Labute approximate surface area is 134 Å². The van der Waals surface area contributed by atoms with Gasteiger partial charge in [-0.05, 0) is 18.2 Å². The van der Waals surface area contributed by atoms with E-state index in [0.717, 1.165) is 19.0 Å². The van der Waals surface area contributed by atoms with E-state index >= 15 is 0 Å². The zero-order valence-corrected chi connectivity index (χ0v) is 13.1. The van der Waals surface area contributed by atoms with E-state index in [1.807, 2.05) is 17.8 Å². The molecule has 0 bridgehead atoms. The fraction of sp³-hybridized carbons (Fsp3) is 0.333. The van der Waals surface area contributed by atoms with Crippen molar-refractivity contribution in [2.45, 2.75) is 0 Å². The van der Waals surface area contributed by atoms with Crippen LogP contribution in [0.4, 0.5) is 10.3 Å². The number of hydrogen-bond donors (Lipinski definition) is 0. The lowest BCUT2D eigenvalue weighted by Crippen LogP contribution is -2.49. The summed E-state index contributed by atoms with van der Waals surface area (Å²) in [5.74, 6) is 0.411. The number of aromatic nitrogens is 2. The Bertz CT molecular complexity index is 652. The van der Waals surface area contributed by atoms with Crippen molar-refractivity contribution in [2.24, 2.45) is 7.05 Å². The number of anilines is 1. The second-order valence-corrected chi connectivity index (χ2v) is 5.13. The first-order valence-electron chi connectivity index (χ1n) is 6.92. The van der Waals surface area contributed by atoms with Gasteiger partial charge in [0.15, 0.2) is 0 Å². The van der Waals surface area contributed by atoms with Crippen molar-refractivity contribution in [1.29, 1.82) is 0 Å². The van der Waals surface area contributed by atoms with Gasteiger partial charge in [0.2, 0.25) is 5.95 Å². The molecule has 0 atom stereocenters. The Balaban J connectivity index is 0.00000176. The number of hydrogen-bond acceptors (Lipinski definition) is 3. The van der Waals surface area contributed by atoms with E-state index in [1.54, 1.807) is 23.2 Å². The number of amides is 1. The van der Waals surface area contributed by atoms with Crippen molar-refractivity contribution >= 4 is 24.3 Å². The SMILES string of the molecule is Cl.Cn1ccnc1N1CCN(C(=O)c2cccc(F)c2)CC1. The lowest BCUT2D eigenvalue weighted by atomic mass is 10.2. The second kappa shape index (κ2) is 6.79. The molecule has 1 fully saturated rings. The molecule has 3 rings (SSSR count). The van der Waals surface area contributed by atoms with Gasteiger partial charge in [-0.15, -0.1) is 12.4 Å². The molecule has 0 saturated carbocycles. The van der Waals surface area contributed by atoms with Crippen LogP contribution in [0.25, 0.3) is 0 Å². The summed E-state index contributed by atoms with van der Waals surface area (Å²) in [6, 6.07) is 5.84. The van der Waals surface area contributed by atoms with Crippen LogP contribution in [0, 0.1) is 5.82 Å². The lowest BCUT2D eigenvalue weighted by Gasteiger charge is -2.35. The third-order valence-electron chi connectivity index (χ3n) is 3.72. The molecule has 7 heteroatoms. The van der Waals surface area contributed by atoms with Gasteiger partial charge in [-0.3, -0.25) is 4.79 Å². The first kappa shape index (κ1) is 16.3. The highest BCUT2D eigenvalue weighted by Crippen LogP contribution is 2.15. The molecule has 2 aromatic rings. The van der Waals surface area contributed by atoms with Crippen LogP contribution in [0.1, 0.15) is 10.4 Å². The van der Waals surface area contributed by atoms with Crippen molar-refractivity contribution in [2.75, 3.05) is 31.1 Å². The van der Waals surface area contributed by atoms with Crippen molar-refractivity contribution < 1.29 is 9.18 Å². The maximum atomic E-state index is 13.2. The van der Waals surface area contributed by atoms with E-state index in [1.165, 1.54) is 12.1 Å². The summed E-state index contributed by atoms with van der Waals surface area (Å²) in [6.07, 6.45) is 3.67. The standard InChI is InChI=1S/C15H17FN4O.ClH/c1-18-6-5-17-15(18)20-9-7-19(8-10-20)14(21)12-3-2-4-13(16)11-12;/h2-6,11H,7-10H2,1H3;1H. The van der Waals surface area contributed by atoms with Gasteiger partial charge in [0.05, 0.1) is 0 Å². The average molecular weight is 325 g/mol. The van der Waals surface area contributed by atoms with Gasteiger partial charge in [-0.2, -0.15) is 0 Å². The first-order valence-corrected chi connectivity index (χ1v) is 6.92. The molecule has 0 spiro atoms. The molecule has 1 amide bonds. The molecular formula is C15H18ClFN4O. The van der Waals surface area contributed by atoms with E-state index in [0.29, 0.717) is 18.7 Å². The van der Waals surface area contributed by atoms with Crippen LogP contribution >= 0.6 is 12.4 Å². The number of imidazole rings is 1. The van der Waals surface area contributed by atoms with Crippen LogP contribution < -0.4 is 4.90 Å². The van der Waals surface area contributed by atoms with Crippen LogP contribution in [-0.4, -0.2) is 46.5 Å². The van der Waals surface area contributed by atoms with Crippen LogP contribution in [0.5, 0.6) is 0 Å². The van der Waals surface area contributed by atoms with E-state index in [9.17, 15) is 9.18 Å². The zero-order valence-electron chi connectivity index (χ0n) is 12.3. The fourth-order valence-corrected chi connectivity index (χ4v) is 2.58. The minimum absolute atomic E-state index is 0. The number of piperazine rings is 1. The summed E-state index contributed by atoms with van der Waals surface area (Å²) in [4.78, 5) is 20.6. The van der Waals surface area contributed by atoms with Crippen molar-refractivity contribution in [3.8, 4) is 0 Å². The molecule has 22 heavy (non-hydrogen) atoms. The normalized spacial score (nSPS) is 14.6. The van der Waals surface area contributed by atoms with Gasteiger partial charge in [-0.1, -0.05) is 6.07 Å². The highest BCUT2D eigenvalue weighted by atomic mass is 35.5. The minimum atomic E-state index is -0.382. The number of carbonyl (C=O) groups is 1. The molecule has 1 aromatic carbocycles. The highest BCUT2D eigenvalue weighted by Gasteiger charge is 2.23. The molecule has 118 valence electrons. The van der Waals surface area contributed by atoms with Gasteiger partial charge in [-0.25, -0.2) is 9.37 Å². The molecule has 1 aliphatic heterocycles. The maximum absolute atomic E-state index is 13.2. The van der Waals surface area contributed by atoms with Crippen molar-refractivity contribution in [3.05, 3.63) is 48.0 Å². The third-order valence-corrected chi connectivity index (χ3v) is 3.72. The predicted octanol–water partition coefficient (Wildman–Crippen LogP) is 1.94. The monoisotopic (exact) mass is 324 g/mol. The molecule has 1 saturated heterocycles. The quantitative estimate of drug-likeness (QED) is 0.848. The number of halogens is 2. The van der Waals surface area contributed by atoms with Gasteiger partial charge in [0.25, 0.3) is 5.91 Å². The number of nitrogens with zero attached hydrogens (tertiary/aromatic N) is 4. The molecule has 0 N–H and O–H groups in total. The molecule has 5 nitrogen and oxygen atoms in total. The summed E-state index contributed by atoms with van der Waals surface area (Å²) < 4.78 is 15.2. The van der Waals surface area contributed by atoms with E-state index < -0.39 is 0 Å². The van der Waals surface area contributed by atoms with E-state index in [4.69, 9.17) is 0 Å². The smallest absolute Gasteiger partial charge is 0.254 e. The Kier molecular flexibility index (Phi) is 5.03. The van der Waals surface area contributed by atoms with E-state index in [2.05, 4.69) is 9.88 Å². The maximum Gasteiger partial charge on any atom is 0.254 e. The molecule has 0 aliphatic carbocycles. The van der Waals surface area contributed by atoms with Gasteiger partial charge in [0.1, 0.15) is 5.82 Å². The Hall–Kier alpha value is -2.08. The molecular weight excluding hydrogens is 307 g/mol. The minimum Gasteiger partial charge on any atom is -0.339 e. The Morgan fingerprint density at radius 1 is 1.23 bits per heavy atom. The van der Waals surface area contributed by atoms with Crippen molar-refractivity contribution in [1.82, 2.24) is 14.5 Å². The van der Waals surface area contributed by atoms with Crippen LogP contribution in [0.3, 0.4) is 0 Å². The van der Waals surface area contributed by atoms with Gasteiger partial charge < -0.3 is 14.4 Å². The largest absolute Gasteiger partial charge is 0.339 e. The summed E-state index contributed by atoms with van der Waals surface area (Å²) in [5.41, 5.74) is 0.403. The summed E-state index contributed by atoms with van der Waals surface area (Å²) >= 11 is 0. The summed E-state index contributed by atoms with van der Waals surface area (Å²) in [6.45, 7) is 2.68. The highest BCUT2D eigenvalue weighted by molar-refractivity contribution is 5.94. The summed E-state index contributed by atoms with van der Waals surface area (Å²) in [7, 11) is 1.95. The fourth-order valence-electron chi connectivity index (χ4n) is 2.58. The second-order valence-electron chi connectivity index (χ2n) is 5.13. The Morgan fingerprint density at radius 3 is 2.55 bits per heavy atom.